The molecule has 190 valence electrons. The average molecular weight is 476 g/mol. The normalized spacial score (nSPS) is 13.6. The maximum atomic E-state index is 13.8. The first-order valence-electron chi connectivity index (χ1n) is 11.6. The number of amides is 3. The van der Waals surface area contributed by atoms with E-state index in [9.17, 15) is 19.5 Å². The summed E-state index contributed by atoms with van der Waals surface area (Å²) in [5.74, 6) is -0.970. The Morgan fingerprint density at radius 2 is 1.71 bits per heavy atom. The predicted molar refractivity (Wildman–Crippen MR) is 133 cm³/mol. The first kappa shape index (κ1) is 29.0. The van der Waals surface area contributed by atoms with Crippen molar-refractivity contribution in [1.82, 2.24) is 15.5 Å². The Labute approximate surface area is 203 Å². The largest absolute Gasteiger partial charge is 0.508 e. The van der Waals surface area contributed by atoms with Crippen LogP contribution in [-0.2, 0) is 14.3 Å². The fraction of sp³-hybridized carbons (Fsp3) is 0.577. The highest BCUT2D eigenvalue weighted by Crippen LogP contribution is 2.30. The lowest BCUT2D eigenvalue weighted by Gasteiger charge is -2.36. The van der Waals surface area contributed by atoms with Gasteiger partial charge in [0, 0.05) is 17.6 Å². The van der Waals surface area contributed by atoms with Crippen LogP contribution in [0.3, 0.4) is 0 Å². The van der Waals surface area contributed by atoms with Crippen LogP contribution in [0.5, 0.6) is 5.75 Å². The molecule has 0 spiro atoms. The minimum Gasteiger partial charge on any atom is -0.508 e. The van der Waals surface area contributed by atoms with Crippen molar-refractivity contribution in [3.8, 4) is 5.75 Å². The Kier molecular flexibility index (Phi) is 10.2. The van der Waals surface area contributed by atoms with Gasteiger partial charge in [0.25, 0.3) is 0 Å². The number of carbonyl (C=O) groups excluding carboxylic acids is 3. The molecule has 0 aliphatic rings. The molecule has 1 aromatic carbocycles. The van der Waals surface area contributed by atoms with E-state index in [2.05, 4.69) is 17.2 Å². The van der Waals surface area contributed by atoms with Crippen molar-refractivity contribution in [2.24, 2.45) is 5.92 Å². The predicted octanol–water partition coefficient (Wildman–Crippen LogP) is 4.30. The molecule has 3 amide bonds. The highest BCUT2D eigenvalue weighted by molar-refractivity contribution is 5.92. The molecule has 0 aromatic heterocycles. The molecule has 0 saturated heterocycles. The van der Waals surface area contributed by atoms with E-state index in [0.29, 0.717) is 6.42 Å². The Bertz CT molecular complexity index is 868. The van der Waals surface area contributed by atoms with Gasteiger partial charge in [-0.05, 0) is 59.9 Å². The van der Waals surface area contributed by atoms with Crippen LogP contribution in [0, 0.1) is 5.92 Å². The third kappa shape index (κ3) is 9.45. The Balaban J connectivity index is 3.48. The van der Waals surface area contributed by atoms with E-state index < -0.39 is 41.1 Å². The molecule has 0 aliphatic carbocycles. The summed E-state index contributed by atoms with van der Waals surface area (Å²) in [6.07, 6.45) is 1.12. The number of hydrogen-bond donors (Lipinski definition) is 3. The number of phenols is 1. The highest BCUT2D eigenvalue weighted by atomic mass is 16.6. The van der Waals surface area contributed by atoms with Gasteiger partial charge < -0.3 is 25.4 Å². The van der Waals surface area contributed by atoms with Gasteiger partial charge in [-0.25, -0.2) is 4.79 Å². The third-order valence-electron chi connectivity index (χ3n) is 4.59. The van der Waals surface area contributed by atoms with Crippen LogP contribution in [-0.4, -0.2) is 51.6 Å². The van der Waals surface area contributed by atoms with Crippen molar-refractivity contribution >= 4 is 17.9 Å². The molecule has 2 atom stereocenters. The van der Waals surface area contributed by atoms with E-state index in [1.807, 2.05) is 34.6 Å². The van der Waals surface area contributed by atoms with Gasteiger partial charge in [-0.3, -0.25) is 9.59 Å². The lowest BCUT2D eigenvalue weighted by atomic mass is 9.97. The van der Waals surface area contributed by atoms with Gasteiger partial charge in [0.2, 0.25) is 11.8 Å². The zero-order chi connectivity index (χ0) is 26.3. The van der Waals surface area contributed by atoms with Crippen molar-refractivity contribution in [3.05, 3.63) is 42.5 Å². The van der Waals surface area contributed by atoms with E-state index in [1.165, 1.54) is 17.0 Å². The molecule has 0 aliphatic heterocycles. The second kappa shape index (κ2) is 11.9. The van der Waals surface area contributed by atoms with Crippen LogP contribution >= 0.6 is 0 Å². The number of ether oxygens (including phenoxy) is 1. The van der Waals surface area contributed by atoms with E-state index in [-0.39, 0.29) is 23.8 Å². The van der Waals surface area contributed by atoms with E-state index in [0.717, 1.165) is 0 Å². The molecular formula is C26H41N3O5. The lowest BCUT2D eigenvalue weighted by Crippen LogP contribution is -2.55. The maximum Gasteiger partial charge on any atom is 0.408 e. The summed E-state index contributed by atoms with van der Waals surface area (Å²) in [7, 11) is 0. The van der Waals surface area contributed by atoms with Gasteiger partial charge in [-0.15, -0.1) is 6.58 Å². The van der Waals surface area contributed by atoms with Crippen molar-refractivity contribution in [2.75, 3.05) is 6.54 Å². The lowest BCUT2D eigenvalue weighted by molar-refractivity contribution is -0.142. The Hall–Kier alpha value is -3.03. The van der Waals surface area contributed by atoms with Gasteiger partial charge in [-0.1, -0.05) is 38.1 Å². The number of aromatic hydroxyl groups is 1. The third-order valence-corrected chi connectivity index (χ3v) is 4.59. The Morgan fingerprint density at radius 1 is 1.12 bits per heavy atom. The Morgan fingerprint density at radius 3 is 2.18 bits per heavy atom. The van der Waals surface area contributed by atoms with E-state index >= 15 is 0 Å². The molecular weight excluding hydrogens is 434 g/mol. The molecule has 0 fully saturated rings. The summed E-state index contributed by atoms with van der Waals surface area (Å²) in [6, 6.07) is 4.32. The van der Waals surface area contributed by atoms with Crippen LogP contribution < -0.4 is 10.6 Å². The number of nitrogens with one attached hydrogen (secondary N) is 2. The zero-order valence-electron chi connectivity index (χ0n) is 21.8. The smallest absolute Gasteiger partial charge is 0.408 e. The van der Waals surface area contributed by atoms with Crippen LogP contribution in [0.25, 0.3) is 0 Å². The number of hydrogen-bond acceptors (Lipinski definition) is 5. The number of benzene rings is 1. The van der Waals surface area contributed by atoms with Crippen molar-refractivity contribution in [2.45, 2.75) is 85.0 Å². The van der Waals surface area contributed by atoms with Gasteiger partial charge in [0.15, 0.2) is 0 Å². The summed E-state index contributed by atoms with van der Waals surface area (Å²) in [5, 5.41) is 16.1. The molecule has 34 heavy (non-hydrogen) atoms. The summed E-state index contributed by atoms with van der Waals surface area (Å²) < 4.78 is 5.36. The number of carbonyl (C=O) groups is 3. The summed E-state index contributed by atoms with van der Waals surface area (Å²) >= 11 is 0. The molecule has 8 nitrogen and oxygen atoms in total. The molecule has 0 heterocycles. The van der Waals surface area contributed by atoms with Crippen LogP contribution in [0.4, 0.5) is 4.79 Å². The quantitative estimate of drug-likeness (QED) is 0.462. The zero-order valence-corrected chi connectivity index (χ0v) is 21.8. The first-order chi connectivity index (χ1) is 15.6. The van der Waals surface area contributed by atoms with Crippen molar-refractivity contribution in [3.63, 3.8) is 0 Å². The number of para-hydroxylation sites is 1. The molecule has 3 N–H and O–H groups in total. The fourth-order valence-electron chi connectivity index (χ4n) is 3.41. The summed E-state index contributed by atoms with van der Waals surface area (Å²) in [6.45, 7) is 18.3. The fourth-order valence-corrected chi connectivity index (χ4v) is 3.41. The molecule has 0 radical (unpaired) electrons. The van der Waals surface area contributed by atoms with Gasteiger partial charge in [0.05, 0.1) is 0 Å². The van der Waals surface area contributed by atoms with Gasteiger partial charge in [0.1, 0.15) is 23.4 Å². The molecule has 8 heteroatoms. The molecule has 1 rings (SSSR count). The van der Waals surface area contributed by atoms with Crippen LogP contribution in [0.15, 0.2) is 36.9 Å². The number of rotatable bonds is 9. The van der Waals surface area contributed by atoms with Crippen LogP contribution in [0.1, 0.15) is 73.4 Å². The minimum atomic E-state index is -1.14. The molecule has 0 bridgehead atoms. The van der Waals surface area contributed by atoms with Crippen molar-refractivity contribution in [1.29, 1.82) is 0 Å². The maximum absolute atomic E-state index is 13.8. The summed E-state index contributed by atoms with van der Waals surface area (Å²) in [5.41, 5.74) is -1.03. The second-order valence-corrected chi connectivity index (χ2v) is 10.8. The average Bonchev–Trinajstić information content (AvgIpc) is 2.64. The number of alkyl carbamates (subject to hydrolysis) is 1. The SMILES string of the molecule is C=CCN(C(=O)C(CC(C)C)NC(=O)OC(C)(C)C)C(C(=O)NC(C)(C)C)c1ccccc1O. The van der Waals surface area contributed by atoms with Gasteiger partial charge >= 0.3 is 6.09 Å². The van der Waals surface area contributed by atoms with Crippen molar-refractivity contribution < 1.29 is 24.2 Å². The highest BCUT2D eigenvalue weighted by Gasteiger charge is 2.38. The summed E-state index contributed by atoms with van der Waals surface area (Å²) in [4.78, 5) is 41.1. The first-order valence-corrected chi connectivity index (χ1v) is 11.6. The molecule has 1 aromatic rings. The standard InChI is InChI=1S/C26H41N3O5/c1-10-15-29(23(32)19(16-17(2)3)27-24(33)34-26(7,8)9)21(22(31)28-25(4,5)6)18-13-11-12-14-20(18)30/h10-14,17,19,21,30H,1,15-16H2,2-9H3,(H,27,33)(H,28,31). The molecule has 0 saturated carbocycles. The second-order valence-electron chi connectivity index (χ2n) is 10.8. The van der Waals surface area contributed by atoms with Crippen LogP contribution in [0.2, 0.25) is 0 Å². The topological polar surface area (TPSA) is 108 Å². The van der Waals surface area contributed by atoms with E-state index in [1.54, 1.807) is 39.0 Å². The minimum absolute atomic E-state index is 0.0278. The monoisotopic (exact) mass is 475 g/mol. The number of phenolic OH excluding ortho intramolecular Hbond substituents is 1. The van der Waals surface area contributed by atoms with E-state index in [4.69, 9.17) is 4.74 Å². The van der Waals surface area contributed by atoms with Gasteiger partial charge in [-0.2, -0.15) is 0 Å². The number of nitrogens with zero attached hydrogens (tertiary/aromatic N) is 1. The molecule has 2 unspecified atom stereocenters.